The van der Waals surface area contributed by atoms with E-state index in [4.69, 9.17) is 0 Å². The summed E-state index contributed by atoms with van der Waals surface area (Å²) in [6.45, 7) is 4.78. The Hall–Kier alpha value is -2.82. The van der Waals surface area contributed by atoms with Crippen LogP contribution in [0.25, 0.3) is 0 Å². The second-order valence-electron chi connectivity index (χ2n) is 7.95. The van der Waals surface area contributed by atoms with E-state index >= 15 is 0 Å². The van der Waals surface area contributed by atoms with Gasteiger partial charge >= 0.3 is 0 Å². The van der Waals surface area contributed by atoms with Crippen molar-refractivity contribution in [3.8, 4) is 0 Å². The lowest BCUT2D eigenvalue weighted by Gasteiger charge is -2.28. The Morgan fingerprint density at radius 3 is 2.31 bits per heavy atom. The van der Waals surface area contributed by atoms with Crippen molar-refractivity contribution >= 4 is 28.9 Å². The van der Waals surface area contributed by atoms with Crippen molar-refractivity contribution in [3.05, 3.63) is 54.6 Å². The summed E-state index contributed by atoms with van der Waals surface area (Å²) in [6.07, 6.45) is 4.42. The number of hydrogen-bond donors (Lipinski definition) is 1. The molecule has 0 aromatic heterocycles. The summed E-state index contributed by atoms with van der Waals surface area (Å²) in [5, 5.41) is 2.99. The van der Waals surface area contributed by atoms with Gasteiger partial charge in [0.1, 0.15) is 0 Å². The molecule has 2 aliphatic rings. The van der Waals surface area contributed by atoms with Gasteiger partial charge in [-0.3, -0.25) is 9.59 Å². The minimum Gasteiger partial charge on any atom is -0.372 e. The van der Waals surface area contributed by atoms with E-state index in [9.17, 15) is 9.59 Å². The molecule has 5 heteroatoms. The van der Waals surface area contributed by atoms with Gasteiger partial charge in [0.15, 0.2) is 0 Å². The molecule has 29 heavy (non-hydrogen) atoms. The van der Waals surface area contributed by atoms with Crippen molar-refractivity contribution in [2.75, 3.05) is 34.8 Å². The van der Waals surface area contributed by atoms with Crippen molar-refractivity contribution in [2.24, 2.45) is 11.8 Å². The first-order chi connectivity index (χ1) is 14.2. The number of carbonyl (C=O) groups is 2. The van der Waals surface area contributed by atoms with Crippen molar-refractivity contribution < 1.29 is 9.59 Å². The molecule has 5 nitrogen and oxygen atoms in total. The predicted octanol–water partition coefficient (Wildman–Crippen LogP) is 4.30. The maximum atomic E-state index is 12.9. The van der Waals surface area contributed by atoms with Gasteiger partial charge in [-0.05, 0) is 69.0 Å². The van der Waals surface area contributed by atoms with Crippen molar-refractivity contribution in [2.45, 2.75) is 32.6 Å². The van der Waals surface area contributed by atoms with Gasteiger partial charge in [-0.2, -0.15) is 0 Å². The molecule has 2 unspecified atom stereocenters. The van der Waals surface area contributed by atoms with Crippen LogP contribution in [0.5, 0.6) is 0 Å². The predicted molar refractivity (Wildman–Crippen MR) is 117 cm³/mol. The molecule has 2 amide bonds. The average molecular weight is 392 g/mol. The van der Waals surface area contributed by atoms with E-state index in [0.29, 0.717) is 13.0 Å². The summed E-state index contributed by atoms with van der Waals surface area (Å²) in [4.78, 5) is 29.7. The van der Waals surface area contributed by atoms with Crippen LogP contribution in [0.1, 0.15) is 32.6 Å². The van der Waals surface area contributed by atoms with Crippen molar-refractivity contribution in [1.29, 1.82) is 0 Å². The maximum Gasteiger partial charge on any atom is 0.230 e. The number of nitrogens with one attached hydrogen (secondary N) is 1. The van der Waals surface area contributed by atoms with Crippen LogP contribution < -0.4 is 15.1 Å². The molecule has 4 rings (SSSR count). The second-order valence-corrected chi connectivity index (χ2v) is 7.95. The summed E-state index contributed by atoms with van der Waals surface area (Å²) < 4.78 is 0. The first-order valence-corrected chi connectivity index (χ1v) is 10.7. The minimum absolute atomic E-state index is 0.0410. The van der Waals surface area contributed by atoms with Gasteiger partial charge in [-0.1, -0.05) is 18.2 Å². The molecule has 2 aromatic rings. The van der Waals surface area contributed by atoms with E-state index in [2.05, 4.69) is 22.3 Å². The van der Waals surface area contributed by atoms with Crippen LogP contribution in [-0.4, -0.2) is 31.4 Å². The molecule has 1 aliphatic carbocycles. The normalized spacial score (nSPS) is 20.8. The lowest BCUT2D eigenvalue weighted by molar-refractivity contribution is -0.123. The molecule has 0 spiro atoms. The van der Waals surface area contributed by atoms with E-state index in [0.717, 1.165) is 24.5 Å². The molecule has 0 radical (unpaired) electrons. The molecule has 1 saturated heterocycles. The monoisotopic (exact) mass is 391 g/mol. The lowest BCUT2D eigenvalue weighted by Crippen LogP contribution is -2.33. The molecule has 2 fully saturated rings. The number of hydrogen-bond acceptors (Lipinski definition) is 3. The zero-order valence-corrected chi connectivity index (χ0v) is 17.0. The van der Waals surface area contributed by atoms with Gasteiger partial charge in [-0.15, -0.1) is 0 Å². The van der Waals surface area contributed by atoms with Crippen molar-refractivity contribution in [3.63, 3.8) is 0 Å². The largest absolute Gasteiger partial charge is 0.372 e. The van der Waals surface area contributed by atoms with Crippen LogP contribution in [0.3, 0.4) is 0 Å². The van der Waals surface area contributed by atoms with Crippen LogP contribution in [0.4, 0.5) is 17.1 Å². The lowest BCUT2D eigenvalue weighted by atomic mass is 10.1. The van der Waals surface area contributed by atoms with E-state index < -0.39 is 0 Å². The average Bonchev–Trinajstić information content (AvgIpc) is 3.57. The second kappa shape index (κ2) is 8.68. The van der Waals surface area contributed by atoms with E-state index in [1.165, 1.54) is 24.9 Å². The van der Waals surface area contributed by atoms with Crippen LogP contribution in [0.2, 0.25) is 0 Å². The standard InChI is InChI=1S/C24H29N3O2/c1-2-27(20-9-5-3-6-10-20)24(29)22-17-21(22)23(28)25-18-11-13-19(14-12-18)26-15-7-4-8-16-26/h3,5-6,9-14,21-22H,2,4,7-8,15-17H2,1H3,(H,25,28). The number of piperidine rings is 1. The van der Waals surface area contributed by atoms with Crippen molar-refractivity contribution in [1.82, 2.24) is 0 Å². The van der Waals surface area contributed by atoms with Crippen LogP contribution in [0, 0.1) is 11.8 Å². The molecular weight excluding hydrogens is 362 g/mol. The van der Waals surface area contributed by atoms with Crippen LogP contribution >= 0.6 is 0 Å². The summed E-state index contributed by atoms with van der Waals surface area (Å²) in [7, 11) is 0. The SMILES string of the molecule is CCN(C(=O)C1CC1C(=O)Nc1ccc(N2CCCCC2)cc1)c1ccccc1. The number of anilines is 3. The molecule has 2 aromatic carbocycles. The number of nitrogens with zero attached hydrogens (tertiary/aromatic N) is 2. The number of rotatable bonds is 6. The Balaban J connectivity index is 1.33. The highest BCUT2D eigenvalue weighted by molar-refractivity contribution is 6.04. The Morgan fingerprint density at radius 2 is 1.66 bits per heavy atom. The van der Waals surface area contributed by atoms with Gasteiger partial charge in [0.2, 0.25) is 11.8 Å². The van der Waals surface area contributed by atoms with E-state index in [1.54, 1.807) is 4.90 Å². The molecule has 2 atom stereocenters. The third kappa shape index (κ3) is 4.44. The fourth-order valence-electron chi connectivity index (χ4n) is 4.17. The van der Waals surface area contributed by atoms with Gasteiger partial charge in [0.05, 0.1) is 11.8 Å². The van der Waals surface area contributed by atoms with Crippen LogP contribution in [0.15, 0.2) is 54.6 Å². The Labute approximate surface area is 172 Å². The summed E-state index contributed by atoms with van der Waals surface area (Å²) >= 11 is 0. The molecule has 1 aliphatic heterocycles. The van der Waals surface area contributed by atoms with Gasteiger partial charge in [-0.25, -0.2) is 0 Å². The molecule has 0 bridgehead atoms. The highest BCUT2D eigenvalue weighted by Crippen LogP contribution is 2.41. The summed E-state index contributed by atoms with van der Waals surface area (Å²) in [5.41, 5.74) is 2.90. The Kier molecular flexibility index (Phi) is 5.84. The van der Waals surface area contributed by atoms with Gasteiger partial charge < -0.3 is 15.1 Å². The third-order valence-corrected chi connectivity index (χ3v) is 5.95. The molecular formula is C24H29N3O2. The fourth-order valence-corrected chi connectivity index (χ4v) is 4.17. The zero-order valence-electron chi connectivity index (χ0n) is 17.0. The summed E-state index contributed by atoms with van der Waals surface area (Å²) in [5.74, 6) is -0.470. The topological polar surface area (TPSA) is 52.7 Å². The number of benzene rings is 2. The molecule has 152 valence electrons. The third-order valence-electron chi connectivity index (χ3n) is 5.95. The molecule has 1 saturated carbocycles. The first kappa shape index (κ1) is 19.5. The van der Waals surface area contributed by atoms with E-state index in [1.807, 2.05) is 49.4 Å². The molecule has 1 N–H and O–H groups in total. The highest BCUT2D eigenvalue weighted by Gasteiger charge is 2.49. The first-order valence-electron chi connectivity index (χ1n) is 10.7. The van der Waals surface area contributed by atoms with E-state index in [-0.39, 0.29) is 23.7 Å². The van der Waals surface area contributed by atoms with Gasteiger partial charge in [0.25, 0.3) is 0 Å². The fraction of sp³-hybridized carbons (Fsp3) is 0.417. The number of carbonyl (C=O) groups excluding carboxylic acids is 2. The Bertz CT molecular complexity index is 844. The zero-order chi connectivity index (χ0) is 20.2. The smallest absolute Gasteiger partial charge is 0.230 e. The molecule has 1 heterocycles. The maximum absolute atomic E-state index is 12.9. The quantitative estimate of drug-likeness (QED) is 0.799. The summed E-state index contributed by atoms with van der Waals surface area (Å²) in [6, 6.07) is 17.7. The number of amides is 2. The minimum atomic E-state index is -0.234. The van der Waals surface area contributed by atoms with Gasteiger partial charge in [0, 0.05) is 36.7 Å². The highest BCUT2D eigenvalue weighted by atomic mass is 16.2. The Morgan fingerprint density at radius 1 is 0.966 bits per heavy atom. The number of para-hydroxylation sites is 1. The van der Waals surface area contributed by atoms with Crippen LogP contribution in [-0.2, 0) is 9.59 Å².